The Morgan fingerprint density at radius 3 is 1.43 bits per heavy atom. The predicted molar refractivity (Wildman–Crippen MR) is 14.0 cm³/mol. The third-order valence-corrected chi connectivity index (χ3v) is 0. The molecule has 0 bridgehead atoms. The molecule has 7 heavy (non-hydrogen) atoms. The van der Waals surface area contributed by atoms with Crippen molar-refractivity contribution in [2.45, 2.75) is 0 Å². The summed E-state index contributed by atoms with van der Waals surface area (Å²) < 4.78 is 0. The van der Waals surface area contributed by atoms with Gasteiger partial charge in [0.25, 0.3) is 0 Å². The van der Waals surface area contributed by atoms with Gasteiger partial charge in [-0.1, -0.05) is 0 Å². The normalized spacial score (nSPS) is 1.43. The molecular weight excluding hydrogens is 199 g/mol. The van der Waals surface area contributed by atoms with Crippen LogP contribution < -0.4 is 0 Å². The van der Waals surface area contributed by atoms with Crippen LogP contribution in [0.3, 0.4) is 0 Å². The molecule has 0 radical (unpaired) electrons. The van der Waals surface area contributed by atoms with Crippen molar-refractivity contribution in [2.75, 3.05) is 0 Å². The van der Waals surface area contributed by atoms with Crippen LogP contribution in [0.4, 0.5) is 0 Å². The first-order chi connectivity index (χ1) is 2.41. The SMILES string of the molecule is [C-]#N.[N-]=C=O.[Zn+2].[Zn+2]. The number of carbonyl (C=O) groups excluding carboxylic acids is 1. The first-order valence-electron chi connectivity index (χ1n) is 0.651. The molecule has 0 aromatic rings. The molecule has 0 saturated heterocycles. The summed E-state index contributed by atoms with van der Waals surface area (Å²) in [6.45, 7) is 4.75. The molecular formula is C2N2OZn2+2. The Morgan fingerprint density at radius 2 is 1.43 bits per heavy atom. The largest absolute Gasteiger partial charge is 2.00 e. The zero-order valence-corrected chi connectivity index (χ0v) is 9.65. The molecule has 0 unspecified atom stereocenters. The second-order valence-electron chi connectivity index (χ2n) is 0.0913. The molecule has 0 fully saturated rings. The first-order valence-corrected chi connectivity index (χ1v) is 0.651. The Balaban J connectivity index is -0.0000000105. The van der Waals surface area contributed by atoms with Gasteiger partial charge >= 0.3 is 39.0 Å². The Kier molecular flexibility index (Phi) is 503. The van der Waals surface area contributed by atoms with Gasteiger partial charge in [-0.2, -0.15) is 0 Å². The van der Waals surface area contributed by atoms with Crippen LogP contribution in [-0.2, 0) is 43.8 Å². The first kappa shape index (κ1) is 27.4. The van der Waals surface area contributed by atoms with Crippen LogP contribution in [0.15, 0.2) is 0 Å². The van der Waals surface area contributed by atoms with E-state index in [1.165, 1.54) is 0 Å². The van der Waals surface area contributed by atoms with Crippen LogP contribution in [0.2, 0.25) is 0 Å². The second kappa shape index (κ2) is 128. The smallest absolute Gasteiger partial charge is 0.724 e. The van der Waals surface area contributed by atoms with Gasteiger partial charge in [0, 0.05) is 0 Å². The van der Waals surface area contributed by atoms with Crippen molar-refractivity contribution in [1.29, 1.82) is 5.26 Å². The Morgan fingerprint density at radius 1 is 1.43 bits per heavy atom. The number of hydrogen-bond donors (Lipinski definition) is 0. The van der Waals surface area contributed by atoms with E-state index in [9.17, 15) is 0 Å². The third-order valence-electron chi connectivity index (χ3n) is 0. The quantitative estimate of drug-likeness (QED) is 0.238. The molecule has 0 saturated carbocycles. The molecule has 26 valence electrons. The third kappa shape index (κ3) is 7600. The zero-order chi connectivity index (χ0) is 4.71. The zero-order valence-electron chi connectivity index (χ0n) is 3.72. The summed E-state index contributed by atoms with van der Waals surface area (Å²) in [5.41, 5.74) is 0. The fourth-order valence-corrected chi connectivity index (χ4v) is 0. The molecule has 3 nitrogen and oxygen atoms in total. The molecule has 0 aliphatic rings. The summed E-state index contributed by atoms with van der Waals surface area (Å²) in [6, 6.07) is 0. The molecule has 5 heteroatoms. The van der Waals surface area contributed by atoms with Gasteiger partial charge in [0.05, 0.1) is 0 Å². The number of hydrogen-bond acceptors (Lipinski definition) is 2. The maximum atomic E-state index is 8.24. The van der Waals surface area contributed by atoms with Crippen molar-refractivity contribution < 1.29 is 43.8 Å². The Bertz CT molecular complexity index is 56.0. The van der Waals surface area contributed by atoms with Gasteiger partial charge in [-0.05, 0) is 6.08 Å². The average molecular weight is 199 g/mol. The molecule has 0 aromatic heterocycles. The minimum atomic E-state index is 0. The van der Waals surface area contributed by atoms with Crippen molar-refractivity contribution in [1.82, 2.24) is 0 Å². The summed E-state index contributed by atoms with van der Waals surface area (Å²) in [6.07, 6.45) is 0.500. The topological polar surface area (TPSA) is 63.2 Å². The van der Waals surface area contributed by atoms with E-state index in [4.69, 9.17) is 22.0 Å². The van der Waals surface area contributed by atoms with Crippen LogP contribution in [0.5, 0.6) is 0 Å². The van der Waals surface area contributed by atoms with Gasteiger partial charge in [0.2, 0.25) is 0 Å². The maximum absolute atomic E-state index is 8.24. The van der Waals surface area contributed by atoms with E-state index in [1.54, 1.807) is 0 Å². The van der Waals surface area contributed by atoms with Crippen molar-refractivity contribution in [3.05, 3.63) is 12.0 Å². The summed E-state index contributed by atoms with van der Waals surface area (Å²) in [5.74, 6) is 0. The van der Waals surface area contributed by atoms with Crippen molar-refractivity contribution in [3.8, 4) is 0 Å². The Hall–Kier alpha value is 0.117. The average Bonchev–Trinajstić information content (AvgIpc) is 1.46. The van der Waals surface area contributed by atoms with E-state index in [0.29, 0.717) is 6.08 Å². The molecule has 0 aromatic carbocycles. The maximum Gasteiger partial charge on any atom is 2.00 e. The number of isocyanates is 1. The molecule has 0 N–H and O–H groups in total. The molecule has 0 heterocycles. The van der Waals surface area contributed by atoms with E-state index in [0.717, 1.165) is 0 Å². The van der Waals surface area contributed by atoms with Crippen LogP contribution in [0.1, 0.15) is 0 Å². The summed E-state index contributed by atoms with van der Waals surface area (Å²) in [4.78, 5) is 8.24. The van der Waals surface area contributed by atoms with Crippen LogP contribution in [0.25, 0.3) is 5.41 Å². The van der Waals surface area contributed by atoms with Crippen molar-refractivity contribution in [3.63, 3.8) is 0 Å². The standard InChI is InChI=1S/CNO.CN.2Zn/c2-1-3;1-2;;/q2*-1;2*+2. The summed E-state index contributed by atoms with van der Waals surface area (Å²) in [7, 11) is 0. The van der Waals surface area contributed by atoms with Crippen molar-refractivity contribution >= 4 is 6.08 Å². The van der Waals surface area contributed by atoms with Gasteiger partial charge in [0.1, 0.15) is 0 Å². The van der Waals surface area contributed by atoms with Crippen LogP contribution >= 0.6 is 0 Å². The van der Waals surface area contributed by atoms with Crippen molar-refractivity contribution in [2.24, 2.45) is 0 Å². The monoisotopic (exact) mass is 196 g/mol. The fraction of sp³-hybridized carbons (Fsp3) is 0. The van der Waals surface area contributed by atoms with Gasteiger partial charge in [-0.3, -0.25) is 4.79 Å². The Labute approximate surface area is 67.1 Å². The minimum absolute atomic E-state index is 0. The van der Waals surface area contributed by atoms with Gasteiger partial charge in [-0.25, -0.2) is 0 Å². The van der Waals surface area contributed by atoms with E-state index in [2.05, 4.69) is 0 Å². The van der Waals surface area contributed by atoms with Gasteiger partial charge < -0.3 is 17.2 Å². The van der Waals surface area contributed by atoms with E-state index in [1.807, 2.05) is 0 Å². The predicted octanol–water partition coefficient (Wildman–Crippen LogP) is -0.0170. The molecule has 0 aliphatic carbocycles. The molecule has 0 rings (SSSR count). The molecule has 0 spiro atoms. The van der Waals surface area contributed by atoms with E-state index in [-0.39, 0.29) is 39.0 Å². The molecule has 0 amide bonds. The van der Waals surface area contributed by atoms with Gasteiger partial charge in [-0.15, -0.1) is 0 Å². The minimum Gasteiger partial charge on any atom is -0.724 e. The van der Waals surface area contributed by atoms with Crippen LogP contribution in [0, 0.1) is 11.8 Å². The van der Waals surface area contributed by atoms with E-state index < -0.39 is 0 Å². The van der Waals surface area contributed by atoms with Gasteiger partial charge in [0.15, 0.2) is 0 Å². The van der Waals surface area contributed by atoms with E-state index >= 15 is 0 Å². The molecule has 0 aliphatic heterocycles. The summed E-state index contributed by atoms with van der Waals surface area (Å²) in [5, 5.41) is 13.0. The molecule has 0 atom stereocenters. The summed E-state index contributed by atoms with van der Waals surface area (Å²) >= 11 is 0. The number of nitrogens with zero attached hydrogens (tertiary/aromatic N) is 2. The number of rotatable bonds is 0. The second-order valence-corrected chi connectivity index (χ2v) is 0.0913. The van der Waals surface area contributed by atoms with Crippen LogP contribution in [-0.4, -0.2) is 6.08 Å². The fourth-order valence-electron chi connectivity index (χ4n) is 0.